The standard InChI is InChI=1S/C22H22Cl2N2P/c1-26(2)22(21(23)24)25-27(18-12-6-3-7-13-18,19-14-8-4-9-15-19)20-16-10-5-11-17-20/h3-17,21H,1-2H3/q+1/b25-22+. The van der Waals surface area contributed by atoms with Crippen molar-refractivity contribution in [3.05, 3.63) is 91.0 Å². The van der Waals surface area contributed by atoms with E-state index in [2.05, 4.69) is 72.8 Å². The van der Waals surface area contributed by atoms with Gasteiger partial charge in [0.25, 0.3) is 0 Å². The van der Waals surface area contributed by atoms with Crippen LogP contribution >= 0.6 is 30.6 Å². The molecule has 0 unspecified atom stereocenters. The monoisotopic (exact) mass is 415 g/mol. The first kappa shape index (κ1) is 19.9. The van der Waals surface area contributed by atoms with Crippen molar-refractivity contribution in [1.29, 1.82) is 0 Å². The lowest BCUT2D eigenvalue weighted by molar-refractivity contribution is 0.618. The third-order valence-electron chi connectivity index (χ3n) is 4.30. The highest BCUT2D eigenvalue weighted by atomic mass is 35.5. The Morgan fingerprint density at radius 3 is 1.30 bits per heavy atom. The molecule has 0 atom stereocenters. The zero-order chi connectivity index (χ0) is 19.3. The van der Waals surface area contributed by atoms with Gasteiger partial charge in [-0.25, -0.2) is 0 Å². The van der Waals surface area contributed by atoms with Crippen LogP contribution in [-0.2, 0) is 0 Å². The second kappa shape index (κ2) is 8.89. The predicted molar refractivity (Wildman–Crippen MR) is 122 cm³/mol. The van der Waals surface area contributed by atoms with Gasteiger partial charge in [-0.1, -0.05) is 82.6 Å². The van der Waals surface area contributed by atoms with Crippen molar-refractivity contribution in [2.24, 2.45) is 4.76 Å². The number of alkyl halides is 2. The van der Waals surface area contributed by atoms with Crippen LogP contribution in [0.5, 0.6) is 0 Å². The molecule has 0 saturated heterocycles. The molecule has 0 fully saturated rings. The highest BCUT2D eigenvalue weighted by molar-refractivity contribution is 7.94. The molecule has 0 aromatic heterocycles. The summed E-state index contributed by atoms with van der Waals surface area (Å²) in [5.74, 6) is 0.656. The maximum Gasteiger partial charge on any atom is 0.231 e. The van der Waals surface area contributed by atoms with E-state index in [-0.39, 0.29) is 0 Å². The summed E-state index contributed by atoms with van der Waals surface area (Å²) in [5.41, 5.74) is 0. The molecule has 0 aliphatic rings. The molecule has 0 heterocycles. The highest BCUT2D eigenvalue weighted by Crippen LogP contribution is 2.57. The van der Waals surface area contributed by atoms with Gasteiger partial charge in [-0.3, -0.25) is 0 Å². The smallest absolute Gasteiger partial charge is 0.231 e. The van der Waals surface area contributed by atoms with Crippen molar-refractivity contribution in [2.45, 2.75) is 4.84 Å². The summed E-state index contributed by atoms with van der Waals surface area (Å²) in [5, 5.41) is 3.49. The van der Waals surface area contributed by atoms with Crippen LogP contribution in [0.3, 0.4) is 0 Å². The Morgan fingerprint density at radius 2 is 1.04 bits per heavy atom. The number of halogens is 2. The lowest BCUT2D eigenvalue weighted by Gasteiger charge is -2.25. The molecule has 27 heavy (non-hydrogen) atoms. The van der Waals surface area contributed by atoms with Gasteiger partial charge >= 0.3 is 0 Å². The van der Waals surface area contributed by atoms with Gasteiger partial charge in [-0.2, -0.15) is 0 Å². The molecular formula is C22H22Cl2N2P+. The first-order valence-electron chi connectivity index (χ1n) is 8.67. The Morgan fingerprint density at radius 1 is 0.704 bits per heavy atom. The second-order valence-electron chi connectivity index (χ2n) is 6.30. The van der Waals surface area contributed by atoms with Crippen LogP contribution in [0.25, 0.3) is 0 Å². The molecule has 0 radical (unpaired) electrons. The molecule has 0 saturated carbocycles. The van der Waals surface area contributed by atoms with E-state index in [1.165, 1.54) is 0 Å². The van der Waals surface area contributed by atoms with E-state index >= 15 is 0 Å². The van der Waals surface area contributed by atoms with Crippen LogP contribution in [0, 0.1) is 0 Å². The number of nitrogens with zero attached hydrogens (tertiary/aromatic N) is 2. The summed E-state index contributed by atoms with van der Waals surface area (Å²) in [6, 6.07) is 31.3. The van der Waals surface area contributed by atoms with E-state index < -0.39 is 12.2 Å². The molecule has 0 bridgehead atoms. The Balaban J connectivity index is 2.41. The van der Waals surface area contributed by atoms with E-state index in [4.69, 9.17) is 28.0 Å². The predicted octanol–water partition coefficient (Wildman–Crippen LogP) is 4.66. The Kier molecular flexibility index (Phi) is 6.55. The molecular weight excluding hydrogens is 394 g/mol. The minimum Gasteiger partial charge on any atom is -0.361 e. The van der Waals surface area contributed by atoms with Crippen molar-refractivity contribution in [3.8, 4) is 0 Å². The van der Waals surface area contributed by atoms with Gasteiger partial charge < -0.3 is 4.90 Å². The van der Waals surface area contributed by atoms with Crippen LogP contribution in [0.2, 0.25) is 0 Å². The zero-order valence-electron chi connectivity index (χ0n) is 15.3. The fourth-order valence-corrected chi connectivity index (χ4v) is 7.31. The van der Waals surface area contributed by atoms with Crippen molar-refractivity contribution >= 4 is 52.4 Å². The lowest BCUT2D eigenvalue weighted by Crippen LogP contribution is -2.34. The third kappa shape index (κ3) is 4.19. The Hall–Kier alpha value is -1.86. The quantitative estimate of drug-likeness (QED) is 0.256. The fraction of sp³-hybridized carbons (Fsp3) is 0.136. The minimum absolute atomic E-state index is 0.656. The van der Waals surface area contributed by atoms with Gasteiger partial charge in [0.1, 0.15) is 15.9 Å². The van der Waals surface area contributed by atoms with E-state index in [9.17, 15) is 0 Å². The van der Waals surface area contributed by atoms with Crippen LogP contribution in [0.4, 0.5) is 0 Å². The summed E-state index contributed by atoms with van der Waals surface area (Å²) in [6.45, 7) is 0. The molecule has 5 heteroatoms. The number of hydrogen-bond acceptors (Lipinski definition) is 1. The summed E-state index contributed by atoms with van der Waals surface area (Å²) in [7, 11) is 1.51. The summed E-state index contributed by atoms with van der Waals surface area (Å²) in [4.78, 5) is 1.18. The van der Waals surface area contributed by atoms with E-state index in [1.54, 1.807) is 0 Å². The third-order valence-corrected chi connectivity index (χ3v) is 8.33. The van der Waals surface area contributed by atoms with Gasteiger partial charge in [0.05, 0.1) is 0 Å². The second-order valence-corrected chi connectivity index (χ2v) is 10.4. The fourth-order valence-electron chi connectivity index (χ4n) is 3.03. The van der Waals surface area contributed by atoms with Crippen LogP contribution in [0.15, 0.2) is 95.8 Å². The topological polar surface area (TPSA) is 15.6 Å². The van der Waals surface area contributed by atoms with Gasteiger partial charge in [-0.05, 0) is 36.4 Å². The van der Waals surface area contributed by atoms with Gasteiger partial charge in [-0.15, -0.1) is 0 Å². The molecule has 3 aromatic rings. The Labute approximate surface area is 171 Å². The minimum atomic E-state index is -2.34. The molecule has 138 valence electrons. The van der Waals surface area contributed by atoms with Crippen molar-refractivity contribution in [3.63, 3.8) is 0 Å². The highest BCUT2D eigenvalue weighted by Gasteiger charge is 2.47. The van der Waals surface area contributed by atoms with Gasteiger partial charge in [0.15, 0.2) is 10.7 Å². The normalized spacial score (nSPS) is 12.3. The average Bonchev–Trinajstić information content (AvgIpc) is 2.70. The molecule has 3 aromatic carbocycles. The van der Waals surface area contributed by atoms with E-state index in [0.717, 1.165) is 15.9 Å². The first-order chi connectivity index (χ1) is 13.1. The molecule has 2 nitrogen and oxygen atoms in total. The average molecular weight is 416 g/mol. The van der Waals surface area contributed by atoms with E-state index in [0.29, 0.717) is 5.84 Å². The number of hydrogen-bond donors (Lipinski definition) is 0. The number of benzene rings is 3. The summed E-state index contributed by atoms with van der Waals surface area (Å²) >= 11 is 12.6. The van der Waals surface area contributed by atoms with Crippen LogP contribution in [0.1, 0.15) is 0 Å². The van der Waals surface area contributed by atoms with Crippen LogP contribution in [-0.4, -0.2) is 29.7 Å². The number of rotatable bonds is 5. The van der Waals surface area contributed by atoms with Crippen LogP contribution < -0.4 is 15.9 Å². The Bertz CT molecular complexity index is 775. The molecule has 0 N–H and O–H groups in total. The molecule has 0 aliphatic carbocycles. The summed E-state index contributed by atoms with van der Waals surface area (Å²) < 4.78 is 5.31. The van der Waals surface area contributed by atoms with Crippen molar-refractivity contribution < 1.29 is 0 Å². The SMILES string of the molecule is CN(C)/C(=N/[P+](c1ccccc1)(c1ccccc1)c1ccccc1)C(Cl)Cl. The number of amidine groups is 1. The molecule has 0 amide bonds. The van der Waals surface area contributed by atoms with Crippen molar-refractivity contribution in [1.82, 2.24) is 4.90 Å². The maximum atomic E-state index is 6.32. The molecule has 0 aliphatic heterocycles. The maximum absolute atomic E-state index is 6.32. The molecule has 3 rings (SSSR count). The lowest BCUT2D eigenvalue weighted by atomic mass is 10.4. The van der Waals surface area contributed by atoms with Crippen molar-refractivity contribution in [2.75, 3.05) is 14.1 Å². The summed E-state index contributed by atoms with van der Waals surface area (Å²) in [6.07, 6.45) is 0. The zero-order valence-corrected chi connectivity index (χ0v) is 17.7. The largest absolute Gasteiger partial charge is 0.361 e. The first-order valence-corrected chi connectivity index (χ1v) is 11.3. The van der Waals surface area contributed by atoms with Gasteiger partial charge in [0.2, 0.25) is 7.41 Å². The molecule has 0 spiro atoms. The van der Waals surface area contributed by atoms with E-state index in [1.807, 2.05) is 37.2 Å². The van der Waals surface area contributed by atoms with Gasteiger partial charge in [0, 0.05) is 14.1 Å².